The molecule has 2 heterocycles. The number of hydrogen-bond acceptors (Lipinski definition) is 5. The number of amides is 1. The van der Waals surface area contributed by atoms with Gasteiger partial charge in [0.25, 0.3) is 5.69 Å². The third kappa shape index (κ3) is 3.18. The lowest BCUT2D eigenvalue weighted by molar-refractivity contribution is -0.384. The minimum atomic E-state index is -0.866. The van der Waals surface area contributed by atoms with Crippen molar-refractivity contribution in [1.82, 2.24) is 4.90 Å². The number of anilines is 1. The highest BCUT2D eigenvalue weighted by Gasteiger charge is 2.46. The van der Waals surface area contributed by atoms with Gasteiger partial charge in [0.05, 0.1) is 17.2 Å². The fourth-order valence-corrected chi connectivity index (χ4v) is 5.00. The van der Waals surface area contributed by atoms with Gasteiger partial charge in [0.2, 0.25) is 5.91 Å². The molecule has 1 N–H and O–H groups in total. The first-order valence-electron chi connectivity index (χ1n) is 9.52. The zero-order valence-electron chi connectivity index (χ0n) is 15.0. The molecular weight excluding hydrogens is 350 g/mol. The molecule has 0 spiro atoms. The highest BCUT2D eigenvalue weighted by Crippen LogP contribution is 2.40. The van der Waals surface area contributed by atoms with Gasteiger partial charge in [0.1, 0.15) is 6.04 Å². The van der Waals surface area contributed by atoms with Crippen molar-refractivity contribution < 1.29 is 19.6 Å². The summed E-state index contributed by atoms with van der Waals surface area (Å²) in [5, 5.41) is 20.7. The fraction of sp³-hybridized carbons (Fsp3) is 0.579. The first-order chi connectivity index (χ1) is 13.0. The molecule has 0 aromatic heterocycles. The lowest BCUT2D eigenvalue weighted by Crippen LogP contribution is -2.48. The quantitative estimate of drug-likeness (QED) is 0.641. The predicted octanol–water partition coefficient (Wildman–Crippen LogP) is 2.20. The number of carbonyl (C=O) groups excluding carboxylic acids is 1. The van der Waals surface area contributed by atoms with E-state index in [0.29, 0.717) is 31.0 Å². The molecule has 8 nitrogen and oxygen atoms in total. The molecule has 1 aromatic carbocycles. The summed E-state index contributed by atoms with van der Waals surface area (Å²) < 4.78 is 0. The predicted molar refractivity (Wildman–Crippen MR) is 97.6 cm³/mol. The summed E-state index contributed by atoms with van der Waals surface area (Å²) in [5.74, 6) is -0.694. The van der Waals surface area contributed by atoms with E-state index >= 15 is 0 Å². The Labute approximate surface area is 156 Å². The van der Waals surface area contributed by atoms with Crippen molar-refractivity contribution in [2.45, 2.75) is 50.6 Å². The van der Waals surface area contributed by atoms with Crippen LogP contribution in [-0.4, -0.2) is 52.0 Å². The van der Waals surface area contributed by atoms with Gasteiger partial charge in [-0.15, -0.1) is 0 Å². The van der Waals surface area contributed by atoms with Crippen LogP contribution in [0.4, 0.5) is 11.4 Å². The third-order valence-corrected chi connectivity index (χ3v) is 6.30. The Morgan fingerprint density at radius 2 is 2.04 bits per heavy atom. The monoisotopic (exact) mass is 373 g/mol. The van der Waals surface area contributed by atoms with Crippen molar-refractivity contribution in [1.29, 1.82) is 0 Å². The summed E-state index contributed by atoms with van der Waals surface area (Å²) >= 11 is 0. The van der Waals surface area contributed by atoms with Gasteiger partial charge in [-0.05, 0) is 37.2 Å². The normalized spacial score (nSPS) is 27.3. The molecule has 0 radical (unpaired) electrons. The van der Waals surface area contributed by atoms with E-state index in [4.69, 9.17) is 0 Å². The summed E-state index contributed by atoms with van der Waals surface area (Å²) in [6.45, 7) is 0.537. The van der Waals surface area contributed by atoms with Crippen LogP contribution in [0.1, 0.15) is 37.7 Å². The van der Waals surface area contributed by atoms with Gasteiger partial charge in [0, 0.05) is 24.7 Å². The van der Waals surface area contributed by atoms with Crippen molar-refractivity contribution in [3.63, 3.8) is 0 Å². The molecule has 1 aliphatic carbocycles. The molecule has 3 aliphatic rings. The standard InChI is InChI=1S/C19H23N3O5/c23-18(20-8-7-12-5-6-14(22(26)27)10-16(12)20)11-21-15-4-2-1-3-13(15)9-17(21)19(24)25/h5-6,10,13,15,17H,1-4,7-9,11H2,(H,24,25). The van der Waals surface area contributed by atoms with Crippen molar-refractivity contribution in [3.8, 4) is 0 Å². The molecule has 1 saturated heterocycles. The average Bonchev–Trinajstić information content (AvgIpc) is 3.23. The van der Waals surface area contributed by atoms with Crippen molar-refractivity contribution in [3.05, 3.63) is 33.9 Å². The number of nitro groups is 1. The third-order valence-electron chi connectivity index (χ3n) is 6.30. The molecule has 1 amide bonds. The Kier molecular flexibility index (Phi) is 4.59. The molecule has 144 valence electrons. The Hall–Kier alpha value is -2.48. The van der Waals surface area contributed by atoms with Crippen LogP contribution in [0.15, 0.2) is 18.2 Å². The molecule has 8 heteroatoms. The maximum absolute atomic E-state index is 13.0. The number of aliphatic carboxylic acids is 1. The first kappa shape index (κ1) is 17.9. The Balaban J connectivity index is 1.55. The van der Waals surface area contributed by atoms with Crippen LogP contribution in [0, 0.1) is 16.0 Å². The number of hydrogen-bond donors (Lipinski definition) is 1. The lowest BCUT2D eigenvalue weighted by atomic mass is 9.85. The van der Waals surface area contributed by atoms with E-state index in [0.717, 1.165) is 31.2 Å². The van der Waals surface area contributed by atoms with Gasteiger partial charge in [0.15, 0.2) is 0 Å². The van der Waals surface area contributed by atoms with Crippen molar-refractivity contribution in [2.24, 2.45) is 5.92 Å². The summed E-state index contributed by atoms with van der Waals surface area (Å²) in [5.41, 5.74) is 1.46. The number of benzene rings is 1. The topological polar surface area (TPSA) is 104 Å². The highest BCUT2D eigenvalue weighted by atomic mass is 16.6. The van der Waals surface area contributed by atoms with Crippen LogP contribution in [0.2, 0.25) is 0 Å². The average molecular weight is 373 g/mol. The van der Waals surface area contributed by atoms with Crippen LogP contribution in [-0.2, 0) is 16.0 Å². The summed E-state index contributed by atoms with van der Waals surface area (Å²) in [6.07, 6.45) is 5.42. The number of nitro benzene ring substituents is 1. The largest absolute Gasteiger partial charge is 0.480 e. The Bertz CT molecular complexity index is 796. The van der Waals surface area contributed by atoms with E-state index in [1.54, 1.807) is 11.0 Å². The number of carbonyl (C=O) groups is 2. The molecule has 0 bridgehead atoms. The van der Waals surface area contributed by atoms with Crippen molar-refractivity contribution >= 4 is 23.3 Å². The van der Waals surface area contributed by atoms with Gasteiger partial charge in [-0.1, -0.05) is 18.9 Å². The van der Waals surface area contributed by atoms with E-state index in [1.165, 1.54) is 12.1 Å². The second-order valence-electron chi connectivity index (χ2n) is 7.74. The molecule has 27 heavy (non-hydrogen) atoms. The van der Waals surface area contributed by atoms with Crippen LogP contribution in [0.3, 0.4) is 0 Å². The maximum Gasteiger partial charge on any atom is 0.320 e. The van der Waals surface area contributed by atoms with E-state index in [9.17, 15) is 24.8 Å². The minimum Gasteiger partial charge on any atom is -0.480 e. The SMILES string of the molecule is O=C(O)C1CC2CCCCC2N1CC(=O)N1CCc2ccc([N+](=O)[O-])cc21. The maximum atomic E-state index is 13.0. The van der Waals surface area contributed by atoms with Gasteiger partial charge >= 0.3 is 5.97 Å². The molecule has 1 saturated carbocycles. The molecule has 3 atom stereocenters. The number of nitrogens with zero attached hydrogens (tertiary/aromatic N) is 3. The zero-order valence-corrected chi connectivity index (χ0v) is 15.0. The first-order valence-corrected chi connectivity index (χ1v) is 9.52. The van der Waals surface area contributed by atoms with E-state index < -0.39 is 16.9 Å². The number of carboxylic acid groups (broad SMARTS) is 1. The summed E-state index contributed by atoms with van der Waals surface area (Å²) in [4.78, 5) is 38.8. The van der Waals surface area contributed by atoms with Gasteiger partial charge < -0.3 is 10.0 Å². The van der Waals surface area contributed by atoms with Gasteiger partial charge in [-0.2, -0.15) is 0 Å². The number of non-ortho nitro benzene ring substituents is 1. The molecule has 2 aliphatic heterocycles. The van der Waals surface area contributed by atoms with E-state index in [1.807, 2.05) is 4.90 Å². The number of likely N-dealkylation sites (tertiary alicyclic amines) is 1. The summed E-state index contributed by atoms with van der Waals surface area (Å²) in [6, 6.07) is 4.14. The van der Waals surface area contributed by atoms with Gasteiger partial charge in [-0.3, -0.25) is 24.6 Å². The van der Waals surface area contributed by atoms with Crippen LogP contribution >= 0.6 is 0 Å². The van der Waals surface area contributed by atoms with E-state index in [-0.39, 0.29) is 24.2 Å². The molecule has 1 aromatic rings. The van der Waals surface area contributed by atoms with Gasteiger partial charge in [-0.25, -0.2) is 0 Å². The fourth-order valence-electron chi connectivity index (χ4n) is 5.00. The molecule has 4 rings (SSSR count). The van der Waals surface area contributed by atoms with Crippen LogP contribution < -0.4 is 4.90 Å². The highest BCUT2D eigenvalue weighted by molar-refractivity contribution is 5.97. The minimum absolute atomic E-state index is 0.0367. The molecule has 2 fully saturated rings. The zero-order chi connectivity index (χ0) is 19.1. The second kappa shape index (κ2) is 6.92. The smallest absolute Gasteiger partial charge is 0.320 e. The lowest BCUT2D eigenvalue weighted by Gasteiger charge is -2.33. The Morgan fingerprint density at radius 1 is 1.26 bits per heavy atom. The Morgan fingerprint density at radius 3 is 2.78 bits per heavy atom. The summed E-state index contributed by atoms with van der Waals surface area (Å²) in [7, 11) is 0. The molecule has 3 unspecified atom stereocenters. The van der Waals surface area contributed by atoms with Crippen LogP contribution in [0.5, 0.6) is 0 Å². The number of fused-ring (bicyclic) bond motifs is 2. The number of rotatable bonds is 4. The second-order valence-corrected chi connectivity index (χ2v) is 7.74. The van der Waals surface area contributed by atoms with Crippen LogP contribution in [0.25, 0.3) is 0 Å². The molecular formula is C19H23N3O5. The van der Waals surface area contributed by atoms with Crippen molar-refractivity contribution in [2.75, 3.05) is 18.0 Å². The van der Waals surface area contributed by atoms with E-state index in [2.05, 4.69) is 0 Å². The number of carboxylic acids is 1.